The van der Waals surface area contributed by atoms with Gasteiger partial charge in [0.25, 0.3) is 0 Å². The van der Waals surface area contributed by atoms with Gasteiger partial charge < -0.3 is 24.4 Å². The van der Waals surface area contributed by atoms with Gasteiger partial charge >= 0.3 is 12.1 Å². The number of benzene rings is 1. The van der Waals surface area contributed by atoms with Gasteiger partial charge in [-0.3, -0.25) is 0 Å². The second-order valence-electron chi connectivity index (χ2n) is 4.84. The molecular formula is C15H20ClFN2O5. The van der Waals surface area contributed by atoms with Crippen LogP contribution in [-0.2, 0) is 9.47 Å². The van der Waals surface area contributed by atoms with Gasteiger partial charge in [0.1, 0.15) is 13.2 Å². The lowest BCUT2D eigenvalue weighted by molar-refractivity contribution is 0.0599. The van der Waals surface area contributed by atoms with Crippen LogP contribution in [0, 0.1) is 5.82 Å². The Balaban J connectivity index is 0.00000288. The van der Waals surface area contributed by atoms with E-state index in [0.717, 1.165) is 19.2 Å². The number of halogens is 2. The molecule has 7 nitrogen and oxygen atoms in total. The number of nitrogens with one attached hydrogen (secondary N) is 1. The molecule has 1 heterocycles. The minimum atomic E-state index is -0.679. The first-order chi connectivity index (χ1) is 11.1. The van der Waals surface area contributed by atoms with Gasteiger partial charge in [0.2, 0.25) is 0 Å². The molecular weight excluding hydrogens is 343 g/mol. The maximum atomic E-state index is 13.8. The first-order valence-corrected chi connectivity index (χ1v) is 7.25. The number of hydrogen-bond donors (Lipinski definition) is 1. The zero-order valence-electron chi connectivity index (χ0n) is 13.2. The number of rotatable bonds is 5. The molecule has 0 aliphatic carbocycles. The molecule has 134 valence electrons. The first kappa shape index (κ1) is 20.0. The minimum absolute atomic E-state index is 0. The number of nitrogens with zero attached hydrogens (tertiary/aromatic N) is 1. The van der Waals surface area contributed by atoms with Gasteiger partial charge in [0, 0.05) is 26.2 Å². The van der Waals surface area contributed by atoms with Crippen LogP contribution in [0.4, 0.5) is 9.18 Å². The lowest BCUT2D eigenvalue weighted by atomic mass is 10.2. The number of carbonyl (C=O) groups is 2. The predicted molar refractivity (Wildman–Crippen MR) is 86.3 cm³/mol. The second kappa shape index (κ2) is 9.94. The van der Waals surface area contributed by atoms with Crippen LogP contribution in [-0.4, -0.2) is 63.5 Å². The summed E-state index contributed by atoms with van der Waals surface area (Å²) in [5.74, 6) is -1.32. The fraction of sp³-hybridized carbons (Fsp3) is 0.467. The van der Waals surface area contributed by atoms with Gasteiger partial charge in [-0.1, -0.05) is 0 Å². The lowest BCUT2D eigenvalue weighted by Gasteiger charge is -2.26. The van der Waals surface area contributed by atoms with Crippen LogP contribution in [0.1, 0.15) is 10.4 Å². The van der Waals surface area contributed by atoms with Crippen molar-refractivity contribution in [1.29, 1.82) is 0 Å². The molecule has 1 fully saturated rings. The SMILES string of the molecule is COC(=O)c1ccc(OCCOC(=O)N2CCNCC2)c(F)c1.Cl. The third-order valence-electron chi connectivity index (χ3n) is 3.29. The first-order valence-electron chi connectivity index (χ1n) is 7.25. The van der Waals surface area contributed by atoms with E-state index in [9.17, 15) is 14.0 Å². The average Bonchev–Trinajstić information content (AvgIpc) is 2.59. The summed E-state index contributed by atoms with van der Waals surface area (Å²) >= 11 is 0. The summed E-state index contributed by atoms with van der Waals surface area (Å²) in [6.45, 7) is 2.71. The van der Waals surface area contributed by atoms with Gasteiger partial charge in [0.15, 0.2) is 11.6 Å². The molecule has 0 saturated carbocycles. The zero-order valence-corrected chi connectivity index (χ0v) is 14.1. The van der Waals surface area contributed by atoms with Crippen LogP contribution >= 0.6 is 12.4 Å². The monoisotopic (exact) mass is 362 g/mol. The summed E-state index contributed by atoms with van der Waals surface area (Å²) in [7, 11) is 1.22. The van der Waals surface area contributed by atoms with Crippen LogP contribution in [0.3, 0.4) is 0 Å². The van der Waals surface area contributed by atoms with Gasteiger partial charge in [-0.25, -0.2) is 14.0 Å². The number of methoxy groups -OCH3 is 1. The van der Waals surface area contributed by atoms with Crippen molar-refractivity contribution in [3.63, 3.8) is 0 Å². The van der Waals surface area contributed by atoms with Crippen LogP contribution in [0.25, 0.3) is 0 Å². The fourth-order valence-corrected chi connectivity index (χ4v) is 2.08. The van der Waals surface area contributed by atoms with E-state index >= 15 is 0 Å². The molecule has 1 aromatic carbocycles. The quantitative estimate of drug-likeness (QED) is 0.631. The molecule has 0 aromatic heterocycles. The molecule has 0 spiro atoms. The van der Waals surface area contributed by atoms with Gasteiger partial charge in [-0.15, -0.1) is 12.4 Å². The van der Waals surface area contributed by atoms with E-state index in [4.69, 9.17) is 9.47 Å². The van der Waals surface area contributed by atoms with Crippen molar-refractivity contribution in [2.24, 2.45) is 0 Å². The van der Waals surface area contributed by atoms with Crippen molar-refractivity contribution >= 4 is 24.5 Å². The highest BCUT2D eigenvalue weighted by Gasteiger charge is 2.17. The Morgan fingerprint density at radius 2 is 1.96 bits per heavy atom. The Morgan fingerprint density at radius 3 is 2.58 bits per heavy atom. The molecule has 1 N–H and O–H groups in total. The zero-order chi connectivity index (χ0) is 16.7. The molecule has 1 aliphatic heterocycles. The van der Waals surface area contributed by atoms with E-state index in [-0.39, 0.29) is 36.9 Å². The standard InChI is InChI=1S/C15H19FN2O5.ClH/c1-21-14(19)11-2-3-13(12(16)10-11)22-8-9-23-15(20)18-6-4-17-5-7-18;/h2-3,10,17H,4-9H2,1H3;1H. The van der Waals surface area contributed by atoms with Crippen LogP contribution in [0.15, 0.2) is 18.2 Å². The van der Waals surface area contributed by atoms with Gasteiger partial charge in [0.05, 0.1) is 12.7 Å². The molecule has 0 bridgehead atoms. The van der Waals surface area contributed by atoms with Crippen molar-refractivity contribution in [2.45, 2.75) is 0 Å². The molecule has 2 rings (SSSR count). The summed E-state index contributed by atoms with van der Waals surface area (Å²) < 4.78 is 28.5. The molecule has 1 aromatic rings. The van der Waals surface area contributed by atoms with E-state index in [1.807, 2.05) is 0 Å². The van der Waals surface area contributed by atoms with E-state index in [0.29, 0.717) is 13.1 Å². The third-order valence-corrected chi connectivity index (χ3v) is 3.29. The Morgan fingerprint density at radius 1 is 1.25 bits per heavy atom. The Kier molecular flexibility index (Phi) is 8.28. The highest BCUT2D eigenvalue weighted by atomic mass is 35.5. The topological polar surface area (TPSA) is 77.1 Å². The number of esters is 1. The number of hydrogen-bond acceptors (Lipinski definition) is 6. The van der Waals surface area contributed by atoms with Gasteiger partial charge in [-0.05, 0) is 18.2 Å². The molecule has 24 heavy (non-hydrogen) atoms. The number of carbonyl (C=O) groups excluding carboxylic acids is 2. The third kappa shape index (κ3) is 5.54. The van der Waals surface area contributed by atoms with Crippen LogP contribution < -0.4 is 10.1 Å². The fourth-order valence-electron chi connectivity index (χ4n) is 2.08. The maximum Gasteiger partial charge on any atom is 0.409 e. The smallest absolute Gasteiger partial charge is 0.409 e. The summed E-state index contributed by atoms with van der Waals surface area (Å²) in [6.07, 6.45) is -0.406. The highest BCUT2D eigenvalue weighted by molar-refractivity contribution is 5.89. The minimum Gasteiger partial charge on any atom is -0.487 e. The molecule has 0 unspecified atom stereocenters. The summed E-state index contributed by atoms with van der Waals surface area (Å²) in [5, 5.41) is 3.13. The largest absolute Gasteiger partial charge is 0.487 e. The molecule has 1 saturated heterocycles. The predicted octanol–water partition coefficient (Wildman–Crippen LogP) is 1.45. The lowest BCUT2D eigenvalue weighted by Crippen LogP contribution is -2.46. The van der Waals surface area contributed by atoms with E-state index in [1.165, 1.54) is 19.2 Å². The van der Waals surface area contributed by atoms with Crippen LogP contribution in [0.2, 0.25) is 0 Å². The van der Waals surface area contributed by atoms with E-state index < -0.39 is 17.9 Å². The van der Waals surface area contributed by atoms with E-state index in [1.54, 1.807) is 4.90 Å². The van der Waals surface area contributed by atoms with Crippen LogP contribution in [0.5, 0.6) is 5.75 Å². The van der Waals surface area contributed by atoms with Gasteiger partial charge in [-0.2, -0.15) is 0 Å². The summed E-state index contributed by atoms with van der Waals surface area (Å²) in [4.78, 5) is 24.6. The normalized spacial score (nSPS) is 13.7. The van der Waals surface area contributed by atoms with Crippen molar-refractivity contribution < 1.29 is 28.2 Å². The average molecular weight is 363 g/mol. The number of piperazine rings is 1. The Labute approximate surface area is 145 Å². The number of ether oxygens (including phenoxy) is 3. The molecule has 1 aliphatic rings. The number of amides is 1. The van der Waals surface area contributed by atoms with Crippen molar-refractivity contribution in [3.05, 3.63) is 29.6 Å². The molecule has 1 amide bonds. The molecule has 0 atom stereocenters. The summed E-state index contributed by atoms with van der Waals surface area (Å²) in [5.41, 5.74) is 0.0995. The Bertz CT molecular complexity index is 567. The van der Waals surface area contributed by atoms with Crippen molar-refractivity contribution in [3.8, 4) is 5.75 Å². The second-order valence-corrected chi connectivity index (χ2v) is 4.84. The molecule has 9 heteroatoms. The van der Waals surface area contributed by atoms with Crippen molar-refractivity contribution in [1.82, 2.24) is 10.2 Å². The Hall–Kier alpha value is -2.06. The van der Waals surface area contributed by atoms with E-state index in [2.05, 4.69) is 10.1 Å². The summed E-state index contributed by atoms with van der Waals surface area (Å²) in [6, 6.07) is 3.77. The maximum absolute atomic E-state index is 13.8. The highest BCUT2D eigenvalue weighted by Crippen LogP contribution is 2.18. The van der Waals surface area contributed by atoms with Crippen molar-refractivity contribution in [2.75, 3.05) is 46.5 Å². The molecule has 0 radical (unpaired) electrons.